The van der Waals surface area contributed by atoms with E-state index in [0.29, 0.717) is 6.07 Å². The van der Waals surface area contributed by atoms with Crippen molar-refractivity contribution in [2.75, 3.05) is 18.5 Å². The fourth-order valence-corrected chi connectivity index (χ4v) is 4.05. The van der Waals surface area contributed by atoms with Crippen molar-refractivity contribution in [3.63, 3.8) is 0 Å². The quantitative estimate of drug-likeness (QED) is 0.430. The highest BCUT2D eigenvalue weighted by molar-refractivity contribution is 6.30. The monoisotopic (exact) mass is 591 g/mol. The number of carbonyl (C=O) groups excluding carboxylic acids is 3. The molecule has 0 saturated carbocycles. The number of likely N-dealkylation sites (tertiary alicyclic amines) is 1. The molecule has 0 aromatic heterocycles. The van der Waals surface area contributed by atoms with Crippen LogP contribution in [0.2, 0.25) is 5.02 Å². The Bertz CT molecular complexity index is 1270. The lowest BCUT2D eigenvalue weighted by Crippen LogP contribution is -2.58. The Kier molecular flexibility index (Phi) is 9.49. The number of hydrogen-bond acceptors (Lipinski definition) is 5. The van der Waals surface area contributed by atoms with Gasteiger partial charge in [0.15, 0.2) is 12.4 Å². The summed E-state index contributed by atoms with van der Waals surface area (Å²) in [7, 11) is 0. The molecule has 14 heteroatoms. The number of nitrogens with zero attached hydrogens (tertiary/aromatic N) is 1. The van der Waals surface area contributed by atoms with E-state index in [4.69, 9.17) is 21.1 Å². The molecule has 1 unspecified atom stereocenters. The van der Waals surface area contributed by atoms with Crippen LogP contribution in [0, 0.1) is 11.6 Å². The van der Waals surface area contributed by atoms with Gasteiger partial charge in [0.1, 0.15) is 23.2 Å². The molecule has 2 aromatic rings. The summed E-state index contributed by atoms with van der Waals surface area (Å²) in [5, 5.41) is 4.67. The van der Waals surface area contributed by atoms with Crippen LogP contribution < -0.4 is 15.4 Å². The lowest BCUT2D eigenvalue weighted by molar-refractivity contribution is -0.140. The molecule has 1 aliphatic rings. The number of benzene rings is 2. The molecule has 1 saturated heterocycles. The van der Waals surface area contributed by atoms with Crippen LogP contribution in [0.5, 0.6) is 5.75 Å². The van der Waals surface area contributed by atoms with Gasteiger partial charge in [-0.05, 0) is 57.9 Å². The van der Waals surface area contributed by atoms with Crippen molar-refractivity contribution in [2.24, 2.45) is 0 Å². The Balaban J connectivity index is 1.71. The zero-order valence-electron chi connectivity index (χ0n) is 21.7. The van der Waals surface area contributed by atoms with Crippen LogP contribution in [-0.2, 0) is 20.5 Å². The van der Waals surface area contributed by atoms with Crippen molar-refractivity contribution in [2.45, 2.75) is 57.5 Å². The fraction of sp³-hybridized carbons (Fsp3) is 0.423. The topological polar surface area (TPSA) is 97.0 Å². The number of piperidine rings is 1. The largest absolute Gasteiger partial charge is 0.484 e. The van der Waals surface area contributed by atoms with Gasteiger partial charge in [-0.2, -0.15) is 13.2 Å². The molecule has 2 atom stereocenters. The van der Waals surface area contributed by atoms with Gasteiger partial charge in [-0.1, -0.05) is 17.7 Å². The van der Waals surface area contributed by atoms with Crippen LogP contribution in [-0.4, -0.2) is 53.6 Å². The van der Waals surface area contributed by atoms with Crippen molar-refractivity contribution < 1.29 is 45.8 Å². The van der Waals surface area contributed by atoms with E-state index in [1.54, 1.807) is 20.8 Å². The maximum absolute atomic E-state index is 14.5. The van der Waals surface area contributed by atoms with Gasteiger partial charge in [0.2, 0.25) is 5.91 Å². The molecule has 0 spiro atoms. The van der Waals surface area contributed by atoms with Crippen molar-refractivity contribution in [3.8, 4) is 5.75 Å². The van der Waals surface area contributed by atoms with E-state index in [1.807, 2.05) is 0 Å². The summed E-state index contributed by atoms with van der Waals surface area (Å²) in [6, 6.07) is 4.22. The normalized spacial score (nSPS) is 17.7. The van der Waals surface area contributed by atoms with Gasteiger partial charge in [0.25, 0.3) is 5.91 Å². The number of rotatable bonds is 6. The first-order chi connectivity index (χ1) is 18.5. The number of amides is 3. The summed E-state index contributed by atoms with van der Waals surface area (Å²) < 4.78 is 78.0. The number of nitrogens with one attached hydrogen (secondary N) is 2. The predicted octanol–water partition coefficient (Wildman–Crippen LogP) is 5.54. The minimum atomic E-state index is -4.98. The first-order valence-corrected chi connectivity index (χ1v) is 12.5. The SMILES string of the molecule is CC(C)(C)OC(=O)N1CC(NC(=O)COc2ccc(Cl)c(F)c2)CC[C@H]1C(=O)Nc1cccc(C(F)(F)F)c1F. The van der Waals surface area contributed by atoms with E-state index in [-0.39, 0.29) is 30.2 Å². The molecule has 3 amide bonds. The second-order valence-electron chi connectivity index (χ2n) is 10.0. The molecule has 40 heavy (non-hydrogen) atoms. The fourth-order valence-electron chi connectivity index (χ4n) is 3.93. The summed E-state index contributed by atoms with van der Waals surface area (Å²) in [5.41, 5.74) is -3.21. The molecule has 2 aromatic carbocycles. The van der Waals surface area contributed by atoms with Crippen LogP contribution >= 0.6 is 11.6 Å². The predicted molar refractivity (Wildman–Crippen MR) is 135 cm³/mol. The number of ether oxygens (including phenoxy) is 2. The van der Waals surface area contributed by atoms with E-state index in [0.717, 1.165) is 23.1 Å². The molecule has 218 valence electrons. The standard InChI is InChI=1S/C26H27ClF5N3O5/c1-25(2,3)40-24(38)35-12-14(33-21(36)13-39-15-8-9-17(27)18(28)11-15)7-10-20(35)23(37)34-19-6-4-5-16(22(19)29)26(30,31)32/h4-6,8-9,11,14,20H,7,10,12-13H2,1-3H3,(H,33,36)(H,34,37)/t14?,20-/m0/s1. The van der Waals surface area contributed by atoms with Crippen LogP contribution in [0.4, 0.5) is 32.4 Å². The molecule has 1 fully saturated rings. The lowest BCUT2D eigenvalue weighted by Gasteiger charge is -2.39. The molecule has 0 radical (unpaired) electrons. The second-order valence-corrected chi connectivity index (χ2v) is 10.4. The van der Waals surface area contributed by atoms with Crippen LogP contribution in [0.3, 0.4) is 0 Å². The first kappa shape index (κ1) is 30.9. The third kappa shape index (κ3) is 8.20. The molecular weight excluding hydrogens is 565 g/mol. The van der Waals surface area contributed by atoms with Gasteiger partial charge in [-0.3, -0.25) is 14.5 Å². The maximum Gasteiger partial charge on any atom is 0.419 e. The third-order valence-electron chi connectivity index (χ3n) is 5.70. The van der Waals surface area contributed by atoms with Crippen LogP contribution in [0.15, 0.2) is 36.4 Å². The molecule has 1 aliphatic heterocycles. The van der Waals surface area contributed by atoms with E-state index >= 15 is 0 Å². The number of anilines is 1. The number of hydrogen-bond donors (Lipinski definition) is 2. The van der Waals surface area contributed by atoms with Crippen molar-refractivity contribution >= 4 is 35.2 Å². The van der Waals surface area contributed by atoms with E-state index in [1.165, 1.54) is 12.1 Å². The summed E-state index contributed by atoms with van der Waals surface area (Å²) in [5.74, 6) is -3.85. The van der Waals surface area contributed by atoms with E-state index < -0.39 is 71.3 Å². The molecule has 3 rings (SSSR count). The lowest BCUT2D eigenvalue weighted by atomic mass is 9.97. The van der Waals surface area contributed by atoms with Gasteiger partial charge in [0, 0.05) is 18.7 Å². The van der Waals surface area contributed by atoms with Gasteiger partial charge in [0.05, 0.1) is 16.3 Å². The van der Waals surface area contributed by atoms with E-state index in [9.17, 15) is 36.3 Å². The minimum Gasteiger partial charge on any atom is -0.484 e. The smallest absolute Gasteiger partial charge is 0.419 e. The molecule has 2 N–H and O–H groups in total. The van der Waals surface area contributed by atoms with Gasteiger partial charge < -0.3 is 20.1 Å². The van der Waals surface area contributed by atoms with Crippen molar-refractivity contribution in [1.82, 2.24) is 10.2 Å². The Morgan fingerprint density at radius 1 is 1.07 bits per heavy atom. The number of carbonyl (C=O) groups is 3. The number of alkyl halides is 3. The minimum absolute atomic E-state index is 0.0279. The summed E-state index contributed by atoms with van der Waals surface area (Å²) >= 11 is 5.62. The summed E-state index contributed by atoms with van der Waals surface area (Å²) in [6.45, 7) is 4.11. The highest BCUT2D eigenvalue weighted by Gasteiger charge is 2.40. The summed E-state index contributed by atoms with van der Waals surface area (Å²) in [4.78, 5) is 39.5. The first-order valence-electron chi connectivity index (χ1n) is 12.1. The highest BCUT2D eigenvalue weighted by Crippen LogP contribution is 2.34. The Labute approximate surface area is 231 Å². The Morgan fingerprint density at radius 3 is 2.40 bits per heavy atom. The zero-order valence-corrected chi connectivity index (χ0v) is 22.5. The van der Waals surface area contributed by atoms with Gasteiger partial charge in [-0.25, -0.2) is 13.6 Å². The average Bonchev–Trinajstić information content (AvgIpc) is 2.84. The Morgan fingerprint density at radius 2 is 1.77 bits per heavy atom. The third-order valence-corrected chi connectivity index (χ3v) is 6.01. The molecular formula is C26H27ClF5N3O5. The molecule has 1 heterocycles. The molecule has 0 aliphatic carbocycles. The molecule has 0 bridgehead atoms. The maximum atomic E-state index is 14.5. The van der Waals surface area contributed by atoms with Crippen molar-refractivity contribution in [3.05, 3.63) is 58.6 Å². The Hall–Kier alpha value is -3.61. The van der Waals surface area contributed by atoms with Gasteiger partial charge in [-0.15, -0.1) is 0 Å². The van der Waals surface area contributed by atoms with E-state index in [2.05, 4.69) is 10.6 Å². The summed E-state index contributed by atoms with van der Waals surface area (Å²) in [6.07, 6.45) is -5.73. The van der Waals surface area contributed by atoms with Crippen LogP contribution in [0.1, 0.15) is 39.2 Å². The van der Waals surface area contributed by atoms with Crippen LogP contribution in [0.25, 0.3) is 0 Å². The highest BCUT2D eigenvalue weighted by atomic mass is 35.5. The zero-order chi connectivity index (χ0) is 29.8. The van der Waals surface area contributed by atoms with Crippen molar-refractivity contribution in [1.29, 1.82) is 0 Å². The molecule has 8 nitrogen and oxygen atoms in total. The number of halogens is 6. The van der Waals surface area contributed by atoms with Gasteiger partial charge >= 0.3 is 12.3 Å². The average molecular weight is 592 g/mol. The second kappa shape index (κ2) is 12.3.